The maximum absolute atomic E-state index is 5.78. The Bertz CT molecular complexity index is 313. The van der Waals surface area contributed by atoms with Crippen molar-refractivity contribution in [3.63, 3.8) is 0 Å². The Morgan fingerprint density at radius 3 is 2.64 bits per heavy atom. The molecule has 5 heteroatoms. The van der Waals surface area contributed by atoms with Crippen LogP contribution in [0.5, 0.6) is 0 Å². The third kappa shape index (κ3) is 4.06. The van der Waals surface area contributed by atoms with E-state index >= 15 is 0 Å². The molecule has 0 atom stereocenters. The number of nitrogens with one attached hydrogen (secondary N) is 1. The predicted molar refractivity (Wildman–Crippen MR) is 73.3 cm³/mol. The SMILES string of the molecule is CS/C(=N/I)NCc1ccc(Cl)cc1. The van der Waals surface area contributed by atoms with Crippen molar-refractivity contribution in [2.24, 2.45) is 3.21 Å². The fraction of sp³-hybridized carbons (Fsp3) is 0.222. The molecule has 0 amide bonds. The lowest BCUT2D eigenvalue weighted by Crippen LogP contribution is -2.18. The summed E-state index contributed by atoms with van der Waals surface area (Å²) in [6, 6.07) is 7.78. The summed E-state index contributed by atoms with van der Waals surface area (Å²) in [6.45, 7) is 0.778. The van der Waals surface area contributed by atoms with Gasteiger partial charge in [-0.25, -0.2) is 0 Å². The number of amidine groups is 1. The Morgan fingerprint density at radius 1 is 1.50 bits per heavy atom. The molecule has 0 aliphatic heterocycles. The Hall–Kier alpha value is 0.0600. The molecule has 0 unspecified atom stereocenters. The molecule has 2 nitrogen and oxygen atoms in total. The molecule has 14 heavy (non-hydrogen) atoms. The van der Waals surface area contributed by atoms with Crippen molar-refractivity contribution in [1.82, 2.24) is 5.32 Å². The van der Waals surface area contributed by atoms with E-state index in [1.165, 1.54) is 5.56 Å². The Kier molecular flexibility index (Phi) is 5.66. The molecule has 0 fully saturated rings. The second-order valence-electron chi connectivity index (χ2n) is 2.57. The minimum absolute atomic E-state index is 0.765. The monoisotopic (exact) mass is 340 g/mol. The second kappa shape index (κ2) is 6.53. The molecule has 76 valence electrons. The van der Waals surface area contributed by atoms with Gasteiger partial charge >= 0.3 is 0 Å². The van der Waals surface area contributed by atoms with Crippen molar-refractivity contribution in [2.75, 3.05) is 6.26 Å². The van der Waals surface area contributed by atoms with Gasteiger partial charge in [0.05, 0.1) is 22.9 Å². The summed E-state index contributed by atoms with van der Waals surface area (Å²) >= 11 is 9.36. The van der Waals surface area contributed by atoms with E-state index in [4.69, 9.17) is 11.6 Å². The summed E-state index contributed by atoms with van der Waals surface area (Å²) in [5.41, 5.74) is 1.20. The molecule has 0 saturated carbocycles. The molecule has 0 aromatic heterocycles. The highest BCUT2D eigenvalue weighted by Crippen LogP contribution is 2.09. The lowest BCUT2D eigenvalue weighted by molar-refractivity contribution is 0.931. The quantitative estimate of drug-likeness (QED) is 0.506. The number of halogens is 2. The van der Waals surface area contributed by atoms with Crippen LogP contribution in [0.3, 0.4) is 0 Å². The first kappa shape index (κ1) is 12.1. The molecule has 0 aliphatic carbocycles. The molecule has 0 radical (unpaired) electrons. The minimum atomic E-state index is 0.765. The van der Waals surface area contributed by atoms with Gasteiger partial charge < -0.3 is 5.32 Å². The number of rotatable bonds is 2. The van der Waals surface area contributed by atoms with Crippen LogP contribution in [-0.2, 0) is 6.54 Å². The van der Waals surface area contributed by atoms with Crippen LogP contribution in [0.4, 0.5) is 0 Å². The van der Waals surface area contributed by atoms with E-state index in [0.29, 0.717) is 0 Å². The van der Waals surface area contributed by atoms with Crippen molar-refractivity contribution < 1.29 is 0 Å². The van der Waals surface area contributed by atoms with Crippen LogP contribution in [0.15, 0.2) is 27.5 Å². The van der Waals surface area contributed by atoms with Crippen molar-refractivity contribution in [3.05, 3.63) is 34.9 Å². The van der Waals surface area contributed by atoms with Crippen LogP contribution >= 0.6 is 46.2 Å². The highest BCUT2D eigenvalue weighted by Gasteiger charge is 1.96. The Balaban J connectivity index is 2.49. The predicted octanol–water partition coefficient (Wildman–Crippen LogP) is 3.50. The summed E-state index contributed by atoms with van der Waals surface area (Å²) in [7, 11) is 0. The van der Waals surface area contributed by atoms with E-state index in [-0.39, 0.29) is 0 Å². The largest absolute Gasteiger partial charge is 0.360 e. The number of hydrogen-bond acceptors (Lipinski definition) is 2. The third-order valence-electron chi connectivity index (χ3n) is 1.63. The zero-order valence-electron chi connectivity index (χ0n) is 7.63. The fourth-order valence-electron chi connectivity index (χ4n) is 0.916. The Labute approximate surface area is 107 Å². The van der Waals surface area contributed by atoms with Gasteiger partial charge in [-0.05, 0) is 24.0 Å². The zero-order chi connectivity index (χ0) is 10.4. The van der Waals surface area contributed by atoms with Crippen molar-refractivity contribution >= 4 is 51.4 Å². The van der Waals surface area contributed by atoms with E-state index in [1.54, 1.807) is 11.8 Å². The molecular weight excluding hydrogens is 331 g/mol. The van der Waals surface area contributed by atoms with E-state index < -0.39 is 0 Å². The van der Waals surface area contributed by atoms with E-state index in [2.05, 4.69) is 8.52 Å². The smallest absolute Gasteiger partial charge is 0.167 e. The summed E-state index contributed by atoms with van der Waals surface area (Å²) in [5.74, 6) is 0. The van der Waals surface area contributed by atoms with Crippen molar-refractivity contribution in [1.29, 1.82) is 0 Å². The molecule has 0 spiro atoms. The van der Waals surface area contributed by atoms with Gasteiger partial charge in [0.1, 0.15) is 0 Å². The van der Waals surface area contributed by atoms with Gasteiger partial charge in [0.2, 0.25) is 0 Å². The van der Waals surface area contributed by atoms with Crippen LogP contribution < -0.4 is 5.32 Å². The van der Waals surface area contributed by atoms with Crippen LogP contribution in [0.2, 0.25) is 5.02 Å². The van der Waals surface area contributed by atoms with Gasteiger partial charge in [-0.1, -0.05) is 35.5 Å². The third-order valence-corrected chi connectivity index (χ3v) is 3.31. The maximum atomic E-state index is 5.78. The molecule has 1 N–H and O–H groups in total. The summed E-state index contributed by atoms with van der Waals surface area (Å²) in [5, 5.41) is 4.91. The zero-order valence-corrected chi connectivity index (χ0v) is 11.4. The van der Waals surface area contributed by atoms with Gasteiger partial charge in [0.15, 0.2) is 5.17 Å². The molecule has 1 rings (SSSR count). The van der Waals surface area contributed by atoms with Gasteiger partial charge in [-0.15, -0.1) is 0 Å². The lowest BCUT2D eigenvalue weighted by atomic mass is 10.2. The molecule has 1 aromatic rings. The average Bonchev–Trinajstić information content (AvgIpc) is 2.22. The number of thioether (sulfide) groups is 1. The molecule has 0 heterocycles. The average molecular weight is 341 g/mol. The normalized spacial score (nSPS) is 11.5. The van der Waals surface area contributed by atoms with Gasteiger partial charge in [0, 0.05) is 11.6 Å². The highest BCUT2D eigenvalue weighted by atomic mass is 127. The number of benzene rings is 1. The first-order valence-electron chi connectivity index (χ1n) is 3.97. The molecule has 0 aliphatic rings. The second-order valence-corrected chi connectivity index (χ2v) is 4.29. The molecular formula is C9H10ClIN2S. The lowest BCUT2D eigenvalue weighted by Gasteiger charge is -2.05. The minimum Gasteiger partial charge on any atom is -0.360 e. The van der Waals surface area contributed by atoms with Crippen LogP contribution in [0.1, 0.15) is 5.56 Å². The maximum Gasteiger partial charge on any atom is 0.167 e. The number of hydrogen-bond donors (Lipinski definition) is 1. The van der Waals surface area contributed by atoms with Crippen LogP contribution in [-0.4, -0.2) is 11.4 Å². The first-order valence-corrected chi connectivity index (χ1v) is 6.54. The fourth-order valence-corrected chi connectivity index (χ4v) is 2.09. The first-order chi connectivity index (χ1) is 6.76. The number of nitrogens with zero attached hydrogens (tertiary/aromatic N) is 1. The summed E-state index contributed by atoms with van der Waals surface area (Å²) in [6.07, 6.45) is 1.99. The molecule has 0 saturated heterocycles. The standard InChI is InChI=1S/C9H10ClIN2S/c1-14-9(13-11)12-6-7-2-4-8(10)5-3-7/h2-5H,6H2,1H3,(H,12,13). The van der Waals surface area contributed by atoms with Gasteiger partial charge in [-0.2, -0.15) is 3.21 Å². The van der Waals surface area contributed by atoms with Gasteiger partial charge in [-0.3, -0.25) is 0 Å². The van der Waals surface area contributed by atoms with Crippen LogP contribution in [0, 0.1) is 0 Å². The summed E-state index contributed by atoms with van der Waals surface area (Å²) in [4.78, 5) is 0. The molecule has 1 aromatic carbocycles. The summed E-state index contributed by atoms with van der Waals surface area (Å²) < 4.78 is 4.05. The van der Waals surface area contributed by atoms with E-state index in [9.17, 15) is 0 Å². The topological polar surface area (TPSA) is 24.4 Å². The Morgan fingerprint density at radius 2 is 2.14 bits per heavy atom. The highest BCUT2D eigenvalue weighted by molar-refractivity contribution is 14.1. The van der Waals surface area contributed by atoms with E-state index in [1.807, 2.05) is 53.4 Å². The van der Waals surface area contributed by atoms with E-state index in [0.717, 1.165) is 16.7 Å². The molecule has 0 bridgehead atoms. The van der Waals surface area contributed by atoms with Gasteiger partial charge in [0.25, 0.3) is 0 Å². The van der Waals surface area contributed by atoms with Crippen molar-refractivity contribution in [2.45, 2.75) is 6.54 Å². The van der Waals surface area contributed by atoms with Crippen molar-refractivity contribution in [3.8, 4) is 0 Å². The van der Waals surface area contributed by atoms with Crippen LogP contribution in [0.25, 0.3) is 0 Å².